The molecule has 0 radical (unpaired) electrons. The summed E-state index contributed by atoms with van der Waals surface area (Å²) in [7, 11) is -9.30. The van der Waals surface area contributed by atoms with Gasteiger partial charge in [-0.1, -0.05) is 44.2 Å². The van der Waals surface area contributed by atoms with Gasteiger partial charge in [0.25, 0.3) is 20.2 Å². The lowest BCUT2D eigenvalue weighted by molar-refractivity contribution is 0.0778. The van der Waals surface area contributed by atoms with Gasteiger partial charge in [-0.2, -0.15) is 31.8 Å². The predicted molar refractivity (Wildman–Crippen MR) is 172 cm³/mol. The second kappa shape index (κ2) is 12.3. The third-order valence-corrected chi connectivity index (χ3v) is 9.66. The molecule has 0 saturated heterocycles. The molecule has 1 heterocycles. The minimum Gasteiger partial charge on any atom is -0.400 e. The summed E-state index contributed by atoms with van der Waals surface area (Å²) in [5.41, 5.74) is 6.39. The summed E-state index contributed by atoms with van der Waals surface area (Å²) < 4.78 is 66.9. The number of benzene rings is 2. The topological polar surface area (TPSA) is 244 Å². The number of rotatable bonds is 10. The number of Topliss-reactive ketones (excluding diaryl/α,β-unsaturated/α-hetero) is 2. The number of nitrogens with zero attached hydrogens (tertiary/aromatic N) is 3. The van der Waals surface area contributed by atoms with Crippen LogP contribution in [0.15, 0.2) is 69.7 Å². The SMILES string of the molecule is Cc1ccc(S(=O)(=O)O)cc1Nc1nc(Cl)nc(NCC(C)(C)CNC2=CC(S(=O)(=O)O)=C(N)C3C(=O)c4ccccc4C(=O)C23)n1. The van der Waals surface area contributed by atoms with Gasteiger partial charge >= 0.3 is 0 Å². The molecule has 3 aromatic rings. The van der Waals surface area contributed by atoms with Crippen molar-refractivity contribution in [3.63, 3.8) is 0 Å². The first-order valence-electron chi connectivity index (χ1n) is 14.0. The lowest BCUT2D eigenvalue weighted by atomic mass is 9.69. The van der Waals surface area contributed by atoms with Crippen LogP contribution in [0.1, 0.15) is 40.1 Å². The number of allylic oxidation sites excluding steroid dienone is 3. The summed E-state index contributed by atoms with van der Waals surface area (Å²) in [4.78, 5) is 38.5. The first kappa shape index (κ1) is 33.9. The van der Waals surface area contributed by atoms with Crippen molar-refractivity contribution in [3.05, 3.63) is 86.8 Å². The smallest absolute Gasteiger partial charge is 0.296 e. The lowest BCUT2D eigenvalue weighted by Gasteiger charge is -2.37. The average molecular weight is 704 g/mol. The van der Waals surface area contributed by atoms with E-state index in [1.165, 1.54) is 30.3 Å². The summed E-state index contributed by atoms with van der Waals surface area (Å²) in [6.07, 6.45) is 1.08. The summed E-state index contributed by atoms with van der Waals surface area (Å²) >= 11 is 6.12. The number of nitrogens with one attached hydrogen (secondary N) is 3. The van der Waals surface area contributed by atoms with Gasteiger partial charge in [-0.25, -0.2) is 0 Å². The highest BCUT2D eigenvalue weighted by molar-refractivity contribution is 7.90. The Morgan fingerprint density at radius 2 is 1.47 bits per heavy atom. The highest BCUT2D eigenvalue weighted by atomic mass is 35.5. The fraction of sp³-hybridized carbons (Fsp3) is 0.276. The predicted octanol–water partition coefficient (Wildman–Crippen LogP) is 3.12. The molecule has 2 atom stereocenters. The second-order valence-corrected chi connectivity index (χ2v) is 15.0. The van der Waals surface area contributed by atoms with Crippen LogP contribution in [0, 0.1) is 24.2 Å². The van der Waals surface area contributed by atoms with E-state index in [1.807, 2.05) is 13.8 Å². The zero-order valence-electron chi connectivity index (χ0n) is 25.1. The number of hydrogen-bond donors (Lipinski definition) is 6. The number of nitrogens with two attached hydrogens (primary N) is 1. The maximum Gasteiger partial charge on any atom is 0.296 e. The molecule has 0 saturated carbocycles. The summed E-state index contributed by atoms with van der Waals surface area (Å²) in [5.74, 6) is -3.37. The van der Waals surface area contributed by atoms with Crippen molar-refractivity contribution in [1.29, 1.82) is 0 Å². The average Bonchev–Trinajstić information content (AvgIpc) is 2.98. The van der Waals surface area contributed by atoms with E-state index in [4.69, 9.17) is 17.3 Å². The third-order valence-electron chi connectivity index (χ3n) is 7.73. The zero-order valence-corrected chi connectivity index (χ0v) is 27.5. The Balaban J connectivity index is 1.35. The summed E-state index contributed by atoms with van der Waals surface area (Å²) in [6.45, 7) is 5.74. The Morgan fingerprint density at radius 1 is 0.872 bits per heavy atom. The molecule has 2 unspecified atom stereocenters. The molecule has 2 aromatic carbocycles. The Labute approximate surface area is 275 Å². The molecule has 0 aliphatic heterocycles. The molecule has 248 valence electrons. The minimum atomic E-state index is -4.84. The molecule has 0 bridgehead atoms. The monoisotopic (exact) mass is 703 g/mol. The van der Waals surface area contributed by atoms with Crippen molar-refractivity contribution in [2.24, 2.45) is 23.0 Å². The number of aryl methyl sites for hydroxylation is 1. The second-order valence-electron chi connectivity index (χ2n) is 11.8. The number of hydrogen-bond acceptors (Lipinski definition) is 13. The molecule has 0 fully saturated rings. The zero-order chi connectivity index (χ0) is 34.5. The number of carbonyl (C=O) groups is 2. The molecule has 47 heavy (non-hydrogen) atoms. The van der Waals surface area contributed by atoms with Crippen molar-refractivity contribution >= 4 is 61.0 Å². The maximum absolute atomic E-state index is 13.6. The van der Waals surface area contributed by atoms with Crippen LogP contribution in [0.4, 0.5) is 17.6 Å². The van der Waals surface area contributed by atoms with Gasteiger partial charge in [0.15, 0.2) is 11.6 Å². The minimum absolute atomic E-state index is 0.0136. The van der Waals surface area contributed by atoms with Crippen LogP contribution in [-0.4, -0.2) is 65.5 Å². The van der Waals surface area contributed by atoms with E-state index >= 15 is 0 Å². The van der Waals surface area contributed by atoms with Crippen molar-refractivity contribution in [1.82, 2.24) is 20.3 Å². The van der Waals surface area contributed by atoms with Crippen molar-refractivity contribution in [2.45, 2.75) is 25.7 Å². The number of anilines is 3. The Morgan fingerprint density at radius 3 is 2.09 bits per heavy atom. The third kappa shape index (κ3) is 7.13. The highest BCUT2D eigenvalue weighted by Crippen LogP contribution is 2.41. The number of ketones is 2. The largest absolute Gasteiger partial charge is 0.400 e. The van der Waals surface area contributed by atoms with Gasteiger partial charge in [-0.05, 0) is 47.7 Å². The van der Waals surface area contributed by atoms with Gasteiger partial charge in [-0.15, -0.1) is 0 Å². The molecule has 2 aliphatic rings. The van der Waals surface area contributed by atoms with Crippen molar-refractivity contribution in [3.8, 4) is 0 Å². The van der Waals surface area contributed by atoms with Gasteiger partial charge in [0.2, 0.25) is 17.2 Å². The Kier molecular flexibility index (Phi) is 8.89. The first-order valence-corrected chi connectivity index (χ1v) is 17.2. The van der Waals surface area contributed by atoms with Crippen molar-refractivity contribution < 1.29 is 35.5 Å². The molecule has 1 aromatic heterocycles. The maximum atomic E-state index is 13.6. The number of aromatic nitrogens is 3. The molecule has 5 rings (SSSR count). The van der Waals surface area contributed by atoms with Crippen LogP contribution in [0.3, 0.4) is 0 Å². The molecular formula is C29H30ClN7O8S2. The van der Waals surface area contributed by atoms with E-state index in [0.717, 1.165) is 6.08 Å². The molecule has 18 heteroatoms. The molecule has 7 N–H and O–H groups in total. The van der Waals surface area contributed by atoms with Crippen molar-refractivity contribution in [2.75, 3.05) is 23.7 Å². The van der Waals surface area contributed by atoms with Gasteiger partial charge < -0.3 is 21.7 Å². The Hall–Kier alpha value is -4.42. The highest BCUT2D eigenvalue weighted by Gasteiger charge is 2.48. The van der Waals surface area contributed by atoms with Gasteiger partial charge in [0, 0.05) is 41.3 Å². The van der Waals surface area contributed by atoms with Gasteiger partial charge in [0.05, 0.1) is 16.7 Å². The van der Waals surface area contributed by atoms with Crippen LogP contribution in [-0.2, 0) is 20.2 Å². The van der Waals surface area contributed by atoms with E-state index in [2.05, 4.69) is 30.9 Å². The van der Waals surface area contributed by atoms with Gasteiger partial charge in [-0.3, -0.25) is 18.7 Å². The molecule has 0 amide bonds. The lowest BCUT2D eigenvalue weighted by Crippen LogP contribution is -2.47. The molecule has 0 spiro atoms. The Bertz CT molecular complexity index is 2100. The molecule has 2 aliphatic carbocycles. The van der Waals surface area contributed by atoms with Crippen LogP contribution in [0.5, 0.6) is 0 Å². The van der Waals surface area contributed by atoms with E-state index < -0.39 is 59.7 Å². The van der Waals surface area contributed by atoms with E-state index in [0.29, 0.717) is 11.3 Å². The van der Waals surface area contributed by atoms with E-state index in [-0.39, 0.29) is 52.0 Å². The van der Waals surface area contributed by atoms with E-state index in [1.54, 1.807) is 19.1 Å². The van der Waals surface area contributed by atoms with Gasteiger partial charge in [0.1, 0.15) is 4.91 Å². The fourth-order valence-electron chi connectivity index (χ4n) is 5.27. The molecule has 15 nitrogen and oxygen atoms in total. The van der Waals surface area contributed by atoms with Crippen LogP contribution in [0.2, 0.25) is 5.28 Å². The number of carbonyl (C=O) groups excluding carboxylic acids is 2. The standard InChI is InChI=1S/C29H30ClN7O8S2/c1-14-8-9-15(46(40,41)42)10-18(14)34-28-36-26(30)35-27(37-28)33-13-29(2,3)12-32-19-11-20(47(43,44)45)23(31)22-21(19)24(38)16-6-4-5-7-17(16)25(22)39/h4-11,21-22,32H,12-13,31H2,1-3H3,(H,40,41,42)(H,43,44,45)(H2,33,34,35,36,37). The van der Waals surface area contributed by atoms with Crippen LogP contribution in [0.25, 0.3) is 0 Å². The summed E-state index contributed by atoms with van der Waals surface area (Å²) in [6, 6.07) is 10.2. The van der Waals surface area contributed by atoms with Crippen LogP contribution >= 0.6 is 11.6 Å². The number of fused-ring (bicyclic) bond motifs is 2. The fourth-order valence-corrected chi connectivity index (χ4v) is 6.64. The normalized spacial score (nSPS) is 18.3. The summed E-state index contributed by atoms with van der Waals surface area (Å²) in [5, 5.41) is 8.84. The van der Waals surface area contributed by atoms with E-state index in [9.17, 15) is 35.5 Å². The first-order chi connectivity index (χ1) is 21.9. The van der Waals surface area contributed by atoms with Crippen LogP contribution < -0.4 is 21.7 Å². The quantitative estimate of drug-likeness (QED) is 0.166. The molecular weight excluding hydrogens is 674 g/mol. The number of halogens is 1.